The van der Waals surface area contributed by atoms with Gasteiger partial charge < -0.3 is 10.2 Å². The SMILES string of the molecule is CC(O)CSC1CCC(SC2CCC(SCC(C)O)CC2)CC1. The van der Waals surface area contributed by atoms with Crippen LogP contribution < -0.4 is 0 Å². The molecule has 136 valence electrons. The molecule has 2 saturated carbocycles. The van der Waals surface area contributed by atoms with Crippen molar-refractivity contribution in [2.75, 3.05) is 11.5 Å². The summed E-state index contributed by atoms with van der Waals surface area (Å²) in [6.07, 6.45) is 10.5. The summed E-state index contributed by atoms with van der Waals surface area (Å²) in [6.45, 7) is 3.79. The molecule has 0 radical (unpaired) electrons. The average Bonchev–Trinajstić information content (AvgIpc) is 2.53. The Balaban J connectivity index is 1.57. The van der Waals surface area contributed by atoms with E-state index in [0.717, 1.165) is 32.5 Å². The van der Waals surface area contributed by atoms with E-state index in [1.807, 2.05) is 37.4 Å². The van der Waals surface area contributed by atoms with Crippen LogP contribution in [0, 0.1) is 0 Å². The maximum Gasteiger partial charge on any atom is 0.0602 e. The maximum atomic E-state index is 9.40. The Kier molecular flexibility index (Phi) is 9.57. The molecule has 0 heterocycles. The lowest BCUT2D eigenvalue weighted by Gasteiger charge is -2.33. The fourth-order valence-corrected chi connectivity index (χ4v) is 7.44. The zero-order valence-electron chi connectivity index (χ0n) is 14.7. The van der Waals surface area contributed by atoms with E-state index >= 15 is 0 Å². The molecule has 0 saturated heterocycles. The molecule has 2 atom stereocenters. The highest BCUT2D eigenvalue weighted by molar-refractivity contribution is 8.01. The Hall–Kier alpha value is 0.970. The number of hydrogen-bond acceptors (Lipinski definition) is 5. The summed E-state index contributed by atoms with van der Waals surface area (Å²) in [6, 6.07) is 0. The summed E-state index contributed by atoms with van der Waals surface area (Å²) in [4.78, 5) is 0. The van der Waals surface area contributed by atoms with Crippen molar-refractivity contribution in [3.63, 3.8) is 0 Å². The molecule has 2 rings (SSSR count). The van der Waals surface area contributed by atoms with Crippen LogP contribution in [0.2, 0.25) is 0 Å². The summed E-state index contributed by atoms with van der Waals surface area (Å²) < 4.78 is 0. The number of aliphatic hydroxyl groups excluding tert-OH is 2. The summed E-state index contributed by atoms with van der Waals surface area (Å²) in [5.74, 6) is 1.80. The first kappa shape index (κ1) is 20.3. The topological polar surface area (TPSA) is 40.5 Å². The highest BCUT2D eigenvalue weighted by Crippen LogP contribution is 2.41. The van der Waals surface area contributed by atoms with E-state index in [2.05, 4.69) is 11.8 Å². The molecule has 2 aliphatic carbocycles. The lowest BCUT2D eigenvalue weighted by atomic mass is 9.99. The lowest BCUT2D eigenvalue weighted by molar-refractivity contribution is 0.219. The van der Waals surface area contributed by atoms with Gasteiger partial charge in [0.05, 0.1) is 12.2 Å². The fraction of sp³-hybridized carbons (Fsp3) is 1.00. The van der Waals surface area contributed by atoms with Gasteiger partial charge in [-0.15, -0.1) is 0 Å². The molecule has 2 unspecified atom stereocenters. The molecular formula is C18H34O2S3. The summed E-state index contributed by atoms with van der Waals surface area (Å²) in [5.41, 5.74) is 0. The van der Waals surface area contributed by atoms with Gasteiger partial charge in [-0.25, -0.2) is 0 Å². The predicted molar refractivity (Wildman–Crippen MR) is 108 cm³/mol. The quantitative estimate of drug-likeness (QED) is 0.647. The predicted octanol–water partition coefficient (Wildman–Crippen LogP) is 4.57. The van der Waals surface area contributed by atoms with Gasteiger partial charge in [0.2, 0.25) is 0 Å². The molecule has 2 N–H and O–H groups in total. The number of rotatable bonds is 8. The summed E-state index contributed by atoms with van der Waals surface area (Å²) in [7, 11) is 0. The van der Waals surface area contributed by atoms with Crippen LogP contribution in [-0.2, 0) is 0 Å². The van der Waals surface area contributed by atoms with Gasteiger partial charge in [0.25, 0.3) is 0 Å². The van der Waals surface area contributed by atoms with Crippen LogP contribution in [0.25, 0.3) is 0 Å². The molecule has 0 amide bonds. The first-order valence-electron chi connectivity index (χ1n) is 9.27. The fourth-order valence-electron chi connectivity index (χ4n) is 3.49. The van der Waals surface area contributed by atoms with Gasteiger partial charge in [-0.1, -0.05) is 0 Å². The van der Waals surface area contributed by atoms with Gasteiger partial charge in [-0.2, -0.15) is 35.3 Å². The second-order valence-electron chi connectivity index (χ2n) is 7.30. The van der Waals surface area contributed by atoms with Crippen molar-refractivity contribution < 1.29 is 10.2 Å². The van der Waals surface area contributed by atoms with E-state index in [0.29, 0.717) is 0 Å². The molecular weight excluding hydrogens is 344 g/mol. The van der Waals surface area contributed by atoms with E-state index in [4.69, 9.17) is 0 Å². The van der Waals surface area contributed by atoms with Crippen LogP contribution >= 0.6 is 35.3 Å². The summed E-state index contributed by atoms with van der Waals surface area (Å²) in [5, 5.41) is 22.1. The third-order valence-corrected chi connectivity index (χ3v) is 9.72. The zero-order valence-corrected chi connectivity index (χ0v) is 17.1. The van der Waals surface area contributed by atoms with E-state index in [9.17, 15) is 10.2 Å². The molecule has 0 aliphatic heterocycles. The number of hydrogen-bond donors (Lipinski definition) is 2. The highest BCUT2D eigenvalue weighted by atomic mass is 32.2. The molecule has 0 bridgehead atoms. The Labute approximate surface area is 155 Å². The van der Waals surface area contributed by atoms with Crippen molar-refractivity contribution in [2.45, 2.75) is 98.4 Å². The molecule has 2 fully saturated rings. The van der Waals surface area contributed by atoms with Crippen molar-refractivity contribution in [2.24, 2.45) is 0 Å². The Morgan fingerprint density at radius 1 is 0.652 bits per heavy atom. The maximum absolute atomic E-state index is 9.40. The molecule has 0 aromatic heterocycles. The molecule has 0 spiro atoms. The number of aliphatic hydroxyl groups is 2. The van der Waals surface area contributed by atoms with Crippen molar-refractivity contribution >= 4 is 35.3 Å². The third kappa shape index (κ3) is 8.26. The lowest BCUT2D eigenvalue weighted by Crippen LogP contribution is -2.25. The van der Waals surface area contributed by atoms with Gasteiger partial charge in [0.15, 0.2) is 0 Å². The van der Waals surface area contributed by atoms with Crippen LogP contribution in [-0.4, -0.2) is 54.9 Å². The minimum Gasteiger partial charge on any atom is -0.393 e. The van der Waals surface area contributed by atoms with Crippen LogP contribution in [0.15, 0.2) is 0 Å². The van der Waals surface area contributed by atoms with Gasteiger partial charge in [-0.05, 0) is 65.2 Å². The average molecular weight is 379 g/mol. The monoisotopic (exact) mass is 378 g/mol. The van der Waals surface area contributed by atoms with E-state index < -0.39 is 0 Å². The van der Waals surface area contributed by atoms with Crippen LogP contribution in [0.4, 0.5) is 0 Å². The van der Waals surface area contributed by atoms with Crippen molar-refractivity contribution in [3.8, 4) is 0 Å². The molecule has 2 nitrogen and oxygen atoms in total. The molecule has 5 heteroatoms. The summed E-state index contributed by atoms with van der Waals surface area (Å²) >= 11 is 6.24. The Morgan fingerprint density at radius 3 is 1.26 bits per heavy atom. The van der Waals surface area contributed by atoms with Crippen LogP contribution in [0.5, 0.6) is 0 Å². The smallest absolute Gasteiger partial charge is 0.0602 e. The molecule has 23 heavy (non-hydrogen) atoms. The van der Waals surface area contributed by atoms with Crippen LogP contribution in [0.3, 0.4) is 0 Å². The van der Waals surface area contributed by atoms with E-state index in [1.165, 1.54) is 51.4 Å². The third-order valence-electron chi connectivity index (χ3n) is 4.77. The second-order valence-corrected chi connectivity index (χ2v) is 11.6. The van der Waals surface area contributed by atoms with E-state index in [1.54, 1.807) is 0 Å². The highest BCUT2D eigenvalue weighted by Gasteiger charge is 2.27. The molecule has 0 aromatic carbocycles. The molecule has 2 aliphatic rings. The van der Waals surface area contributed by atoms with Crippen molar-refractivity contribution in [1.29, 1.82) is 0 Å². The molecule has 0 aromatic rings. The van der Waals surface area contributed by atoms with Crippen molar-refractivity contribution in [3.05, 3.63) is 0 Å². The van der Waals surface area contributed by atoms with Crippen LogP contribution in [0.1, 0.15) is 65.2 Å². The van der Waals surface area contributed by atoms with Crippen molar-refractivity contribution in [1.82, 2.24) is 0 Å². The number of thioether (sulfide) groups is 3. The van der Waals surface area contributed by atoms with Gasteiger partial charge in [0, 0.05) is 32.5 Å². The minimum atomic E-state index is -0.158. The largest absolute Gasteiger partial charge is 0.393 e. The standard InChI is InChI=1S/C18H34O2S3/c1-13(19)11-21-15-3-7-17(8-4-15)23-18-9-5-16(6-10-18)22-12-14(2)20/h13-20H,3-12H2,1-2H3. The Bertz CT molecular complexity index is 279. The van der Waals surface area contributed by atoms with Gasteiger partial charge >= 0.3 is 0 Å². The first-order valence-corrected chi connectivity index (χ1v) is 12.3. The van der Waals surface area contributed by atoms with E-state index in [-0.39, 0.29) is 12.2 Å². The Morgan fingerprint density at radius 2 is 0.957 bits per heavy atom. The van der Waals surface area contributed by atoms with Gasteiger partial charge in [-0.3, -0.25) is 0 Å². The minimum absolute atomic E-state index is 0.158. The first-order chi connectivity index (χ1) is 11.0. The van der Waals surface area contributed by atoms with Gasteiger partial charge in [0.1, 0.15) is 0 Å². The second kappa shape index (κ2) is 10.8. The normalized spacial score (nSPS) is 35.0. The zero-order chi connectivity index (χ0) is 16.7.